The average molecular weight is 287 g/mol. The van der Waals surface area contributed by atoms with Crippen LogP contribution in [0.2, 0.25) is 0 Å². The summed E-state index contributed by atoms with van der Waals surface area (Å²) < 4.78 is 0.738. The van der Waals surface area contributed by atoms with E-state index in [4.69, 9.17) is 11.5 Å². The van der Waals surface area contributed by atoms with Crippen LogP contribution in [-0.4, -0.2) is 16.4 Å². The topological polar surface area (TPSA) is 94.0 Å². The van der Waals surface area contributed by atoms with E-state index in [-0.39, 0.29) is 0 Å². The minimum atomic E-state index is -0.863. The molecule has 6 heteroatoms. The Morgan fingerprint density at radius 1 is 1.56 bits per heavy atom. The molecule has 1 amide bonds. The fraction of sp³-hybridized carbons (Fsp3) is 0.400. The number of pyridine rings is 1. The van der Waals surface area contributed by atoms with Gasteiger partial charge in [-0.05, 0) is 42.3 Å². The Balaban J connectivity index is 3.08. The molecule has 1 aromatic heterocycles. The zero-order valence-electron chi connectivity index (χ0n) is 9.47. The van der Waals surface area contributed by atoms with Gasteiger partial charge in [0.1, 0.15) is 11.4 Å². The maximum absolute atomic E-state index is 11.2. The van der Waals surface area contributed by atoms with Crippen LogP contribution in [0.15, 0.2) is 10.7 Å². The van der Waals surface area contributed by atoms with Crippen LogP contribution in [0.1, 0.15) is 19.4 Å². The minimum Gasteiger partial charge on any atom is -0.397 e. The van der Waals surface area contributed by atoms with Gasteiger partial charge in [-0.2, -0.15) is 0 Å². The third-order valence-corrected chi connectivity index (χ3v) is 3.32. The van der Waals surface area contributed by atoms with E-state index in [1.54, 1.807) is 20.0 Å². The van der Waals surface area contributed by atoms with Crippen molar-refractivity contribution >= 4 is 33.3 Å². The zero-order valence-corrected chi connectivity index (χ0v) is 11.1. The molecule has 0 saturated heterocycles. The third-order valence-electron chi connectivity index (χ3n) is 2.35. The summed E-state index contributed by atoms with van der Waals surface area (Å²) in [5.41, 5.74) is 11.6. The second-order valence-corrected chi connectivity index (χ2v) is 4.91. The van der Waals surface area contributed by atoms with Crippen LogP contribution in [0.4, 0.5) is 11.5 Å². The average Bonchev–Trinajstić information content (AvgIpc) is 2.19. The van der Waals surface area contributed by atoms with Crippen LogP contribution in [0.5, 0.6) is 0 Å². The summed E-state index contributed by atoms with van der Waals surface area (Å²) in [6.07, 6.45) is 1.54. The Morgan fingerprint density at radius 2 is 2.12 bits per heavy atom. The van der Waals surface area contributed by atoms with Crippen LogP contribution < -0.4 is 16.8 Å². The molecule has 0 atom stereocenters. The Morgan fingerprint density at radius 3 is 2.62 bits per heavy atom. The van der Waals surface area contributed by atoms with Crippen LogP contribution in [0, 0.1) is 6.92 Å². The van der Waals surface area contributed by atoms with Crippen molar-refractivity contribution in [2.75, 3.05) is 11.1 Å². The number of carbonyl (C=O) groups is 1. The predicted molar refractivity (Wildman–Crippen MR) is 68.0 cm³/mol. The molecule has 5 nitrogen and oxygen atoms in total. The van der Waals surface area contributed by atoms with Crippen LogP contribution >= 0.6 is 15.9 Å². The van der Waals surface area contributed by atoms with E-state index in [0.717, 1.165) is 10.0 Å². The molecule has 1 heterocycles. The van der Waals surface area contributed by atoms with E-state index < -0.39 is 11.4 Å². The van der Waals surface area contributed by atoms with Gasteiger partial charge < -0.3 is 16.8 Å². The Labute approximate surface area is 103 Å². The Kier molecular flexibility index (Phi) is 3.42. The fourth-order valence-electron chi connectivity index (χ4n) is 1.04. The van der Waals surface area contributed by atoms with E-state index in [2.05, 4.69) is 26.2 Å². The fourth-order valence-corrected chi connectivity index (χ4v) is 1.47. The van der Waals surface area contributed by atoms with E-state index in [0.29, 0.717) is 11.5 Å². The quantitative estimate of drug-likeness (QED) is 0.783. The Hall–Kier alpha value is -1.30. The van der Waals surface area contributed by atoms with E-state index in [1.165, 1.54) is 0 Å². The largest absolute Gasteiger partial charge is 0.397 e. The van der Waals surface area contributed by atoms with Gasteiger partial charge in [0.2, 0.25) is 5.91 Å². The molecule has 0 bridgehead atoms. The second kappa shape index (κ2) is 4.29. The first kappa shape index (κ1) is 12.8. The highest BCUT2D eigenvalue weighted by atomic mass is 79.9. The standard InChI is InChI=1S/C10H15BrN4O/c1-5-6(12)4-14-8(7(5)11)15-10(2,3)9(13)16/h4H,12H2,1-3H3,(H2,13,16)(H,14,15). The first-order valence-electron chi connectivity index (χ1n) is 4.74. The van der Waals surface area contributed by atoms with Crippen molar-refractivity contribution < 1.29 is 4.79 Å². The highest BCUT2D eigenvalue weighted by Crippen LogP contribution is 2.29. The molecule has 0 saturated carbocycles. The summed E-state index contributed by atoms with van der Waals surface area (Å²) in [5.74, 6) is 0.103. The molecular weight excluding hydrogens is 272 g/mol. The molecule has 1 rings (SSSR count). The van der Waals surface area contributed by atoms with Crippen molar-refractivity contribution in [3.05, 3.63) is 16.2 Å². The molecule has 5 N–H and O–H groups in total. The number of nitrogens with two attached hydrogens (primary N) is 2. The number of primary amides is 1. The molecule has 0 unspecified atom stereocenters. The van der Waals surface area contributed by atoms with Gasteiger partial charge in [-0.3, -0.25) is 4.79 Å². The minimum absolute atomic E-state index is 0.448. The molecule has 88 valence electrons. The van der Waals surface area contributed by atoms with Gasteiger partial charge in [0.05, 0.1) is 16.4 Å². The summed E-state index contributed by atoms with van der Waals surface area (Å²) in [4.78, 5) is 15.3. The number of nitrogens with zero attached hydrogens (tertiary/aromatic N) is 1. The van der Waals surface area contributed by atoms with Crippen LogP contribution in [0.25, 0.3) is 0 Å². The number of hydrogen-bond acceptors (Lipinski definition) is 4. The lowest BCUT2D eigenvalue weighted by Crippen LogP contribution is -2.45. The van der Waals surface area contributed by atoms with Gasteiger partial charge in [0.15, 0.2) is 0 Å². The molecule has 1 aromatic rings. The number of nitrogens with one attached hydrogen (secondary N) is 1. The molecule has 0 aliphatic heterocycles. The summed E-state index contributed by atoms with van der Waals surface area (Å²) >= 11 is 3.38. The van der Waals surface area contributed by atoms with Gasteiger partial charge >= 0.3 is 0 Å². The van der Waals surface area contributed by atoms with Crippen molar-refractivity contribution in [1.29, 1.82) is 0 Å². The maximum Gasteiger partial charge on any atom is 0.242 e. The SMILES string of the molecule is Cc1c(N)cnc(NC(C)(C)C(N)=O)c1Br. The van der Waals surface area contributed by atoms with Crippen LogP contribution in [-0.2, 0) is 4.79 Å². The van der Waals surface area contributed by atoms with Gasteiger partial charge in [-0.15, -0.1) is 0 Å². The van der Waals surface area contributed by atoms with E-state index in [9.17, 15) is 4.79 Å². The van der Waals surface area contributed by atoms with Gasteiger partial charge in [0.25, 0.3) is 0 Å². The molecule has 0 spiro atoms. The van der Waals surface area contributed by atoms with Gasteiger partial charge in [-0.1, -0.05) is 0 Å². The predicted octanol–water partition coefficient (Wildman–Crippen LogP) is 1.41. The van der Waals surface area contributed by atoms with Crippen molar-refractivity contribution in [2.24, 2.45) is 5.73 Å². The molecule has 0 fully saturated rings. The first-order chi connectivity index (χ1) is 7.25. The lowest BCUT2D eigenvalue weighted by molar-refractivity contribution is -0.121. The second-order valence-electron chi connectivity index (χ2n) is 4.12. The first-order valence-corrected chi connectivity index (χ1v) is 5.53. The maximum atomic E-state index is 11.2. The number of anilines is 2. The molecule has 0 aliphatic rings. The molecule has 0 aromatic carbocycles. The summed E-state index contributed by atoms with van der Waals surface area (Å²) in [7, 11) is 0. The number of nitrogen functional groups attached to an aromatic ring is 1. The Bertz CT molecular complexity index is 431. The lowest BCUT2D eigenvalue weighted by atomic mass is 10.1. The normalized spacial score (nSPS) is 11.2. The van der Waals surface area contributed by atoms with Crippen molar-refractivity contribution in [3.8, 4) is 0 Å². The van der Waals surface area contributed by atoms with Crippen molar-refractivity contribution in [2.45, 2.75) is 26.3 Å². The van der Waals surface area contributed by atoms with Crippen molar-refractivity contribution in [3.63, 3.8) is 0 Å². The third kappa shape index (κ3) is 2.44. The summed E-state index contributed by atoms with van der Waals surface area (Å²) in [5, 5.41) is 2.97. The lowest BCUT2D eigenvalue weighted by Gasteiger charge is -2.24. The molecule has 16 heavy (non-hydrogen) atoms. The van der Waals surface area contributed by atoms with E-state index in [1.807, 2.05) is 6.92 Å². The van der Waals surface area contributed by atoms with Crippen LogP contribution in [0.3, 0.4) is 0 Å². The number of halogens is 1. The monoisotopic (exact) mass is 286 g/mol. The highest BCUT2D eigenvalue weighted by molar-refractivity contribution is 9.10. The number of carbonyl (C=O) groups excluding carboxylic acids is 1. The van der Waals surface area contributed by atoms with E-state index >= 15 is 0 Å². The molecular formula is C10H15BrN4O. The smallest absolute Gasteiger partial charge is 0.242 e. The summed E-state index contributed by atoms with van der Waals surface area (Å²) in [6, 6.07) is 0. The number of aromatic nitrogens is 1. The number of hydrogen-bond donors (Lipinski definition) is 3. The van der Waals surface area contributed by atoms with Crippen molar-refractivity contribution in [1.82, 2.24) is 4.98 Å². The summed E-state index contributed by atoms with van der Waals surface area (Å²) in [6.45, 7) is 5.24. The number of rotatable bonds is 3. The number of amides is 1. The molecule has 0 aliphatic carbocycles. The zero-order chi connectivity index (χ0) is 12.5. The highest BCUT2D eigenvalue weighted by Gasteiger charge is 2.26. The van der Waals surface area contributed by atoms with Gasteiger partial charge in [-0.25, -0.2) is 4.98 Å². The molecule has 0 radical (unpaired) electrons. The van der Waals surface area contributed by atoms with Gasteiger partial charge in [0, 0.05) is 0 Å².